The molecule has 0 heterocycles. The molecule has 0 atom stereocenters. The van der Waals surface area contributed by atoms with Crippen molar-refractivity contribution in [1.29, 1.82) is 0 Å². The van der Waals surface area contributed by atoms with E-state index in [1.807, 2.05) is 0 Å². The maximum absolute atomic E-state index is 12.0. The van der Waals surface area contributed by atoms with Crippen LogP contribution in [0.1, 0.15) is 6.92 Å². The number of carbonyl (C=O) groups excluding carboxylic acids is 2. The van der Waals surface area contributed by atoms with Crippen LogP contribution in [0.2, 0.25) is 0 Å². The van der Waals surface area contributed by atoms with Crippen molar-refractivity contribution in [3.8, 4) is 11.5 Å². The van der Waals surface area contributed by atoms with Crippen LogP contribution in [-0.2, 0) is 9.59 Å². The van der Waals surface area contributed by atoms with Gasteiger partial charge in [-0.3, -0.25) is 9.59 Å². The van der Waals surface area contributed by atoms with Crippen molar-refractivity contribution in [3.63, 3.8) is 0 Å². The van der Waals surface area contributed by atoms with Crippen LogP contribution in [0.3, 0.4) is 0 Å². The number of ether oxygens (including phenoxy) is 2. The van der Waals surface area contributed by atoms with Crippen LogP contribution in [0.15, 0.2) is 18.2 Å². The van der Waals surface area contributed by atoms with Gasteiger partial charge in [0, 0.05) is 19.2 Å². The third-order valence-electron chi connectivity index (χ3n) is 2.89. The predicted octanol–water partition coefficient (Wildman–Crippen LogP) is 0.483. The Bertz CT molecular complexity index is 504. The molecule has 0 aromatic heterocycles. The number of nitrogens with zero attached hydrogens (tertiary/aromatic N) is 1. The Labute approximate surface area is 123 Å². The van der Waals surface area contributed by atoms with Gasteiger partial charge < -0.3 is 24.8 Å². The summed E-state index contributed by atoms with van der Waals surface area (Å²) in [5.41, 5.74) is 0.343. The molecule has 0 saturated carbocycles. The van der Waals surface area contributed by atoms with Crippen molar-refractivity contribution < 1.29 is 24.2 Å². The van der Waals surface area contributed by atoms with E-state index in [1.54, 1.807) is 25.1 Å². The van der Waals surface area contributed by atoms with Crippen molar-refractivity contribution in [1.82, 2.24) is 4.90 Å². The van der Waals surface area contributed by atoms with E-state index in [1.165, 1.54) is 19.1 Å². The van der Waals surface area contributed by atoms with Crippen molar-refractivity contribution in [2.75, 3.05) is 39.2 Å². The Morgan fingerprint density at radius 1 is 1.29 bits per heavy atom. The minimum absolute atomic E-state index is 0.109. The van der Waals surface area contributed by atoms with Crippen LogP contribution in [0.25, 0.3) is 0 Å². The van der Waals surface area contributed by atoms with Gasteiger partial charge in [-0.1, -0.05) is 0 Å². The molecule has 0 saturated heterocycles. The molecular formula is C14H20N2O5. The zero-order valence-corrected chi connectivity index (χ0v) is 12.4. The fourth-order valence-corrected chi connectivity index (χ4v) is 1.76. The molecule has 7 heteroatoms. The van der Waals surface area contributed by atoms with Gasteiger partial charge in [0.2, 0.25) is 0 Å². The summed E-state index contributed by atoms with van der Waals surface area (Å²) >= 11 is 0. The first-order valence-electron chi connectivity index (χ1n) is 6.50. The summed E-state index contributed by atoms with van der Waals surface area (Å²) in [6, 6.07) is 4.87. The number of methoxy groups -OCH3 is 2. The highest BCUT2D eigenvalue weighted by molar-refractivity contribution is 6.39. The van der Waals surface area contributed by atoms with Crippen molar-refractivity contribution in [2.24, 2.45) is 0 Å². The molecule has 0 aliphatic rings. The predicted molar refractivity (Wildman–Crippen MR) is 77.5 cm³/mol. The number of hydrogen-bond acceptors (Lipinski definition) is 5. The molecule has 1 rings (SSSR count). The van der Waals surface area contributed by atoms with Crippen molar-refractivity contribution in [3.05, 3.63) is 18.2 Å². The number of aliphatic hydroxyl groups excluding tert-OH is 1. The highest BCUT2D eigenvalue weighted by Crippen LogP contribution is 2.28. The maximum atomic E-state index is 12.0. The molecule has 0 radical (unpaired) electrons. The zero-order valence-electron chi connectivity index (χ0n) is 12.4. The Morgan fingerprint density at radius 3 is 2.52 bits per heavy atom. The topological polar surface area (TPSA) is 88.1 Å². The van der Waals surface area contributed by atoms with Gasteiger partial charge in [-0.05, 0) is 19.1 Å². The van der Waals surface area contributed by atoms with Gasteiger partial charge in [-0.15, -0.1) is 0 Å². The third kappa shape index (κ3) is 4.35. The van der Waals surface area contributed by atoms with E-state index in [9.17, 15) is 9.59 Å². The number of aliphatic hydroxyl groups is 1. The molecule has 0 aliphatic carbocycles. The molecule has 7 nitrogen and oxygen atoms in total. The molecule has 0 aliphatic heterocycles. The van der Waals surface area contributed by atoms with Crippen LogP contribution in [0.4, 0.5) is 5.69 Å². The van der Waals surface area contributed by atoms with Crippen molar-refractivity contribution >= 4 is 17.5 Å². The van der Waals surface area contributed by atoms with Crippen LogP contribution in [0, 0.1) is 0 Å². The van der Waals surface area contributed by atoms with Gasteiger partial charge in [0.25, 0.3) is 0 Å². The molecule has 2 amide bonds. The SMILES string of the molecule is CCN(CCO)C(=O)C(=O)Nc1cc(OC)ccc1OC. The van der Waals surface area contributed by atoms with E-state index in [2.05, 4.69) is 5.32 Å². The molecule has 1 aromatic rings. The Hall–Kier alpha value is -2.28. The molecule has 0 bridgehead atoms. The average molecular weight is 296 g/mol. The summed E-state index contributed by atoms with van der Waals surface area (Å²) in [5.74, 6) is -0.559. The fraction of sp³-hybridized carbons (Fsp3) is 0.429. The van der Waals surface area contributed by atoms with Gasteiger partial charge in [0.1, 0.15) is 11.5 Å². The van der Waals surface area contributed by atoms with Crippen LogP contribution >= 0.6 is 0 Å². The van der Waals surface area contributed by atoms with Gasteiger partial charge in [0.15, 0.2) is 0 Å². The number of rotatable bonds is 6. The van der Waals surface area contributed by atoms with E-state index in [4.69, 9.17) is 14.6 Å². The number of nitrogens with one attached hydrogen (secondary N) is 1. The van der Waals surface area contributed by atoms with E-state index < -0.39 is 11.8 Å². The monoisotopic (exact) mass is 296 g/mol. The standard InChI is InChI=1S/C14H20N2O5/c1-4-16(7-8-17)14(19)13(18)15-11-9-10(20-2)5-6-12(11)21-3/h5-6,9,17H,4,7-8H2,1-3H3,(H,15,18). The highest BCUT2D eigenvalue weighted by Gasteiger charge is 2.21. The number of amides is 2. The second kappa shape index (κ2) is 8.11. The maximum Gasteiger partial charge on any atom is 0.314 e. The Balaban J connectivity index is 2.89. The number of carbonyl (C=O) groups is 2. The smallest absolute Gasteiger partial charge is 0.314 e. The molecule has 21 heavy (non-hydrogen) atoms. The second-order valence-corrected chi connectivity index (χ2v) is 4.13. The summed E-state index contributed by atoms with van der Waals surface area (Å²) in [6.07, 6.45) is 0. The lowest BCUT2D eigenvalue weighted by molar-refractivity contribution is -0.143. The first-order valence-corrected chi connectivity index (χ1v) is 6.50. The fourth-order valence-electron chi connectivity index (χ4n) is 1.76. The number of likely N-dealkylation sites (N-methyl/N-ethyl adjacent to an activating group) is 1. The van der Waals surface area contributed by atoms with Crippen LogP contribution in [-0.4, -0.2) is 55.7 Å². The molecule has 0 fully saturated rings. The minimum Gasteiger partial charge on any atom is -0.497 e. The third-order valence-corrected chi connectivity index (χ3v) is 2.89. The Kier molecular flexibility index (Phi) is 6.48. The largest absolute Gasteiger partial charge is 0.497 e. The van der Waals surface area contributed by atoms with E-state index >= 15 is 0 Å². The molecule has 2 N–H and O–H groups in total. The van der Waals surface area contributed by atoms with E-state index in [-0.39, 0.29) is 13.2 Å². The summed E-state index contributed by atoms with van der Waals surface area (Å²) in [5, 5.41) is 11.4. The molecule has 1 aromatic carbocycles. The quantitative estimate of drug-likeness (QED) is 0.746. The second-order valence-electron chi connectivity index (χ2n) is 4.13. The molecule has 0 spiro atoms. The van der Waals surface area contributed by atoms with Crippen LogP contribution in [0.5, 0.6) is 11.5 Å². The lowest BCUT2D eigenvalue weighted by Gasteiger charge is -2.19. The molecule has 0 unspecified atom stereocenters. The number of benzene rings is 1. The van der Waals surface area contributed by atoms with Crippen LogP contribution < -0.4 is 14.8 Å². The highest BCUT2D eigenvalue weighted by atomic mass is 16.5. The first kappa shape index (κ1) is 16.8. The Morgan fingerprint density at radius 2 is 2.00 bits per heavy atom. The first-order chi connectivity index (χ1) is 10.1. The minimum atomic E-state index is -0.795. The normalized spacial score (nSPS) is 9.90. The average Bonchev–Trinajstić information content (AvgIpc) is 2.51. The lowest BCUT2D eigenvalue weighted by Crippen LogP contribution is -2.41. The van der Waals surface area contributed by atoms with Gasteiger partial charge in [-0.2, -0.15) is 0 Å². The lowest BCUT2D eigenvalue weighted by atomic mass is 10.2. The zero-order chi connectivity index (χ0) is 15.8. The molecule has 116 valence electrons. The summed E-state index contributed by atoms with van der Waals surface area (Å²) in [4.78, 5) is 25.2. The van der Waals surface area contributed by atoms with Crippen molar-refractivity contribution in [2.45, 2.75) is 6.92 Å². The summed E-state index contributed by atoms with van der Waals surface area (Å²) in [6.45, 7) is 1.97. The van der Waals surface area contributed by atoms with E-state index in [0.29, 0.717) is 23.7 Å². The van der Waals surface area contributed by atoms with E-state index in [0.717, 1.165) is 0 Å². The van der Waals surface area contributed by atoms with Gasteiger partial charge >= 0.3 is 11.8 Å². The van der Waals surface area contributed by atoms with Gasteiger partial charge in [-0.25, -0.2) is 0 Å². The summed E-state index contributed by atoms with van der Waals surface area (Å²) < 4.78 is 10.2. The molecular weight excluding hydrogens is 276 g/mol. The summed E-state index contributed by atoms with van der Waals surface area (Å²) in [7, 11) is 2.96. The number of hydrogen-bond donors (Lipinski definition) is 2. The number of anilines is 1. The van der Waals surface area contributed by atoms with Gasteiger partial charge in [0.05, 0.1) is 26.5 Å².